The van der Waals surface area contributed by atoms with Crippen LogP contribution in [-0.4, -0.2) is 46.4 Å². The predicted octanol–water partition coefficient (Wildman–Crippen LogP) is 5.91. The van der Waals surface area contributed by atoms with Gasteiger partial charge in [-0.25, -0.2) is 18.8 Å². The Kier molecular flexibility index (Phi) is 8.53. The summed E-state index contributed by atoms with van der Waals surface area (Å²) in [6, 6.07) is 3.24. The van der Waals surface area contributed by atoms with Crippen LogP contribution >= 0.6 is 11.6 Å². The Morgan fingerprint density at radius 3 is 2.29 bits per heavy atom. The minimum Gasteiger partial charge on any atom is -0.465 e. The van der Waals surface area contributed by atoms with Crippen LogP contribution in [0.25, 0.3) is 11.1 Å². The number of carbonyl (C=O) groups is 3. The summed E-state index contributed by atoms with van der Waals surface area (Å²) < 4.78 is 33.3. The number of nitrogens with zero attached hydrogens (tertiary/aromatic N) is 1. The van der Waals surface area contributed by atoms with Crippen LogP contribution in [0.1, 0.15) is 94.9 Å². The number of pyridine rings is 1. The topological polar surface area (TPSA) is 113 Å². The molecule has 1 saturated carbocycles. The lowest BCUT2D eigenvalue weighted by Gasteiger charge is -2.43. The molecule has 11 heteroatoms. The fourth-order valence-corrected chi connectivity index (χ4v) is 5.80. The van der Waals surface area contributed by atoms with Gasteiger partial charge in [0.15, 0.2) is 0 Å². The van der Waals surface area contributed by atoms with Gasteiger partial charge in [-0.15, -0.1) is 0 Å². The van der Waals surface area contributed by atoms with E-state index in [0.717, 1.165) is 12.5 Å². The second-order valence-corrected chi connectivity index (χ2v) is 13.4. The number of nitrogens with one attached hydrogen (secondary N) is 1. The minimum absolute atomic E-state index is 0.0182. The molecule has 1 amide bonds. The van der Waals surface area contributed by atoms with Gasteiger partial charge in [-0.05, 0) is 91.7 Å². The molecule has 0 radical (unpaired) electrons. The molecule has 2 aromatic rings. The number of aromatic nitrogens is 1. The number of esters is 2. The number of carbonyl (C=O) groups excluding carboxylic acids is 3. The summed E-state index contributed by atoms with van der Waals surface area (Å²) in [6.45, 7) is 10.5. The van der Waals surface area contributed by atoms with Gasteiger partial charge in [0.1, 0.15) is 23.1 Å². The average Bonchev–Trinajstić information content (AvgIpc) is 3.28. The molecule has 2 aliphatic rings. The van der Waals surface area contributed by atoms with Crippen LogP contribution < -0.4 is 10.9 Å². The summed E-state index contributed by atoms with van der Waals surface area (Å²) in [6.07, 6.45) is 2.15. The molecule has 1 aromatic carbocycles. The van der Waals surface area contributed by atoms with E-state index in [-0.39, 0.29) is 46.7 Å². The highest BCUT2D eigenvalue weighted by molar-refractivity contribution is 6.31. The third kappa shape index (κ3) is 6.48. The Bertz CT molecular complexity index is 1480. The second-order valence-electron chi connectivity index (χ2n) is 13.0. The average molecular weight is 605 g/mol. The molecule has 9 nitrogen and oxygen atoms in total. The number of fused-ring (bicyclic) bond motifs is 1. The summed E-state index contributed by atoms with van der Waals surface area (Å²) in [4.78, 5) is 52.5. The first-order chi connectivity index (χ1) is 19.4. The SMILES string of the molecule is COC(=O)c1c(-c2c(CC3(NC(=O)OC(C)(C)C)CCC3)ccc(Cl)c2F)cc(=O)n2c1CCC2C(=O)OC(C)(C)C. The minimum atomic E-state index is -0.941. The number of halogens is 2. The van der Waals surface area contributed by atoms with Gasteiger partial charge in [0.25, 0.3) is 5.56 Å². The van der Waals surface area contributed by atoms with Crippen LogP contribution in [0.2, 0.25) is 5.02 Å². The fourth-order valence-electron chi connectivity index (χ4n) is 5.65. The van der Waals surface area contributed by atoms with Gasteiger partial charge in [-0.2, -0.15) is 0 Å². The largest absolute Gasteiger partial charge is 0.465 e. The molecule has 1 unspecified atom stereocenters. The summed E-state index contributed by atoms with van der Waals surface area (Å²) in [5, 5.41) is 2.77. The molecule has 2 heterocycles. The molecule has 1 fully saturated rings. The van der Waals surface area contributed by atoms with E-state index in [1.54, 1.807) is 47.6 Å². The summed E-state index contributed by atoms with van der Waals surface area (Å²) >= 11 is 6.24. The van der Waals surface area contributed by atoms with E-state index < -0.39 is 52.2 Å². The van der Waals surface area contributed by atoms with Gasteiger partial charge in [-0.1, -0.05) is 17.7 Å². The van der Waals surface area contributed by atoms with Crippen LogP contribution in [0, 0.1) is 5.82 Å². The van der Waals surface area contributed by atoms with E-state index in [0.29, 0.717) is 18.4 Å². The molecule has 42 heavy (non-hydrogen) atoms. The number of amides is 1. The van der Waals surface area contributed by atoms with E-state index in [1.807, 2.05) is 0 Å². The number of hydrogen-bond acceptors (Lipinski definition) is 7. The predicted molar refractivity (Wildman–Crippen MR) is 155 cm³/mol. The lowest BCUT2D eigenvalue weighted by atomic mass is 9.72. The van der Waals surface area contributed by atoms with Crippen molar-refractivity contribution >= 4 is 29.6 Å². The van der Waals surface area contributed by atoms with Crippen molar-refractivity contribution in [2.45, 2.75) is 103 Å². The van der Waals surface area contributed by atoms with Gasteiger partial charge < -0.3 is 19.5 Å². The highest BCUT2D eigenvalue weighted by Crippen LogP contribution is 2.42. The maximum atomic E-state index is 16.0. The molecule has 0 spiro atoms. The molecule has 228 valence electrons. The Morgan fingerprint density at radius 2 is 1.74 bits per heavy atom. The standard InChI is InChI=1S/C31H38ClFN2O7/c1-29(2,3)41-26(37)21-12-11-20-24(27(38)40-7)18(15-22(36)35(20)21)23-17(9-10-19(32)25(23)33)16-31(13-8-14-31)34-28(39)42-30(4,5)6/h9-10,15,21H,8,11-14,16H2,1-7H3,(H,34,39). The smallest absolute Gasteiger partial charge is 0.408 e. The fraction of sp³-hybridized carbons (Fsp3) is 0.548. The van der Waals surface area contributed by atoms with E-state index >= 15 is 4.39 Å². The maximum Gasteiger partial charge on any atom is 0.408 e. The van der Waals surface area contributed by atoms with Crippen LogP contribution in [0.3, 0.4) is 0 Å². The highest BCUT2D eigenvalue weighted by atomic mass is 35.5. The summed E-state index contributed by atoms with van der Waals surface area (Å²) in [7, 11) is 1.19. The molecule has 0 saturated heterocycles. The number of rotatable bonds is 6. The van der Waals surface area contributed by atoms with Gasteiger partial charge in [0.2, 0.25) is 0 Å². The Hall–Kier alpha value is -3.40. The third-order valence-electron chi connectivity index (χ3n) is 7.44. The molecular weight excluding hydrogens is 567 g/mol. The van der Waals surface area contributed by atoms with Crippen molar-refractivity contribution in [3.05, 3.63) is 56.2 Å². The maximum absolute atomic E-state index is 16.0. The van der Waals surface area contributed by atoms with E-state index in [9.17, 15) is 19.2 Å². The zero-order chi connectivity index (χ0) is 31.2. The van der Waals surface area contributed by atoms with Crippen molar-refractivity contribution < 1.29 is 33.0 Å². The quantitative estimate of drug-likeness (QED) is 0.322. The van der Waals surface area contributed by atoms with Crippen molar-refractivity contribution in [2.75, 3.05) is 7.11 Å². The molecular formula is C31H38ClFN2O7. The zero-order valence-electron chi connectivity index (χ0n) is 25.1. The monoisotopic (exact) mass is 604 g/mol. The van der Waals surface area contributed by atoms with E-state index in [1.165, 1.54) is 17.7 Å². The lowest BCUT2D eigenvalue weighted by molar-refractivity contribution is -0.158. The van der Waals surface area contributed by atoms with Crippen molar-refractivity contribution in [3.8, 4) is 11.1 Å². The normalized spacial score (nSPS) is 17.6. The van der Waals surface area contributed by atoms with Crippen LogP contribution in [0.15, 0.2) is 23.0 Å². The molecule has 1 atom stereocenters. The first-order valence-electron chi connectivity index (χ1n) is 14.0. The Morgan fingerprint density at radius 1 is 1.10 bits per heavy atom. The number of benzene rings is 1. The zero-order valence-corrected chi connectivity index (χ0v) is 25.9. The van der Waals surface area contributed by atoms with Crippen molar-refractivity contribution in [3.63, 3.8) is 0 Å². The van der Waals surface area contributed by atoms with Gasteiger partial charge >= 0.3 is 18.0 Å². The second kappa shape index (κ2) is 11.4. The van der Waals surface area contributed by atoms with Gasteiger partial charge in [0, 0.05) is 28.4 Å². The number of alkyl carbamates (subject to hydrolysis) is 1. The lowest BCUT2D eigenvalue weighted by Crippen LogP contribution is -2.56. The van der Waals surface area contributed by atoms with Crippen LogP contribution in [0.5, 0.6) is 0 Å². The van der Waals surface area contributed by atoms with Crippen molar-refractivity contribution in [2.24, 2.45) is 0 Å². The van der Waals surface area contributed by atoms with Crippen molar-refractivity contribution in [1.82, 2.24) is 9.88 Å². The van der Waals surface area contributed by atoms with Crippen LogP contribution in [0.4, 0.5) is 9.18 Å². The summed E-state index contributed by atoms with van der Waals surface area (Å²) in [5.74, 6) is -2.19. The summed E-state index contributed by atoms with van der Waals surface area (Å²) in [5.41, 5.74) is -2.10. The van der Waals surface area contributed by atoms with Crippen LogP contribution in [-0.2, 0) is 31.8 Å². The van der Waals surface area contributed by atoms with Gasteiger partial charge in [-0.3, -0.25) is 9.36 Å². The van der Waals surface area contributed by atoms with E-state index in [2.05, 4.69) is 5.32 Å². The number of methoxy groups -OCH3 is 1. The Balaban J connectivity index is 1.84. The molecule has 1 aliphatic carbocycles. The molecule has 0 bridgehead atoms. The molecule has 1 aliphatic heterocycles. The van der Waals surface area contributed by atoms with Crippen molar-refractivity contribution in [1.29, 1.82) is 0 Å². The molecule has 4 rings (SSSR count). The number of ether oxygens (including phenoxy) is 3. The van der Waals surface area contributed by atoms with E-state index in [4.69, 9.17) is 25.8 Å². The Labute approximate surface area is 249 Å². The first-order valence-corrected chi connectivity index (χ1v) is 14.4. The third-order valence-corrected chi connectivity index (χ3v) is 7.74. The van der Waals surface area contributed by atoms with Gasteiger partial charge in [0.05, 0.1) is 17.7 Å². The number of hydrogen-bond donors (Lipinski definition) is 1. The first kappa shape index (κ1) is 31.5. The molecule has 1 N–H and O–H groups in total. The molecule has 1 aromatic heterocycles. The highest BCUT2D eigenvalue weighted by Gasteiger charge is 2.42.